The molecule has 0 unspecified atom stereocenters. The fourth-order valence-corrected chi connectivity index (χ4v) is 2.24. The van der Waals surface area contributed by atoms with E-state index in [2.05, 4.69) is 4.98 Å². The number of methoxy groups -OCH3 is 1. The highest BCUT2D eigenvalue weighted by Gasteiger charge is 2.32. The monoisotopic (exact) mass is 288 g/mol. The molecule has 1 aromatic rings. The van der Waals surface area contributed by atoms with Gasteiger partial charge in [-0.2, -0.15) is 0 Å². The maximum atomic E-state index is 12.4. The molecular formula is C12H14Cl2N2O2. The minimum atomic E-state index is -0.0687. The molecule has 1 aromatic heterocycles. The summed E-state index contributed by atoms with van der Waals surface area (Å²) in [7, 11) is 1.62. The van der Waals surface area contributed by atoms with Gasteiger partial charge < -0.3 is 9.64 Å². The molecule has 0 N–H and O–H groups in total. The molecule has 98 valence electrons. The van der Waals surface area contributed by atoms with E-state index in [0.717, 1.165) is 12.8 Å². The quantitative estimate of drug-likeness (QED) is 0.783. The molecule has 1 saturated carbocycles. The number of hydrogen-bond acceptors (Lipinski definition) is 3. The van der Waals surface area contributed by atoms with Gasteiger partial charge in [0.2, 0.25) is 0 Å². The summed E-state index contributed by atoms with van der Waals surface area (Å²) >= 11 is 11.6. The first kappa shape index (κ1) is 13.6. The van der Waals surface area contributed by atoms with Gasteiger partial charge in [0, 0.05) is 25.3 Å². The van der Waals surface area contributed by atoms with Crippen LogP contribution in [0.4, 0.5) is 0 Å². The first-order chi connectivity index (χ1) is 8.61. The van der Waals surface area contributed by atoms with Crippen LogP contribution >= 0.6 is 23.2 Å². The maximum Gasteiger partial charge on any atom is 0.254 e. The molecule has 0 bridgehead atoms. The summed E-state index contributed by atoms with van der Waals surface area (Å²) in [5.74, 6) is -0.0687. The number of rotatable bonds is 5. The summed E-state index contributed by atoms with van der Waals surface area (Å²) in [6.07, 6.45) is 2.09. The number of aromatic nitrogens is 1. The molecule has 0 spiro atoms. The van der Waals surface area contributed by atoms with Crippen molar-refractivity contribution in [2.24, 2.45) is 0 Å². The minimum absolute atomic E-state index is 0.0687. The largest absolute Gasteiger partial charge is 0.383 e. The van der Waals surface area contributed by atoms with Crippen molar-refractivity contribution in [3.05, 3.63) is 28.0 Å². The Kier molecular flexibility index (Phi) is 4.43. The van der Waals surface area contributed by atoms with Crippen molar-refractivity contribution in [1.29, 1.82) is 0 Å². The van der Waals surface area contributed by atoms with E-state index in [1.54, 1.807) is 7.11 Å². The molecule has 4 nitrogen and oxygen atoms in total. The van der Waals surface area contributed by atoms with Crippen LogP contribution in [0.3, 0.4) is 0 Å². The van der Waals surface area contributed by atoms with Crippen LogP contribution in [0.5, 0.6) is 0 Å². The van der Waals surface area contributed by atoms with Crippen LogP contribution in [0.2, 0.25) is 10.3 Å². The Bertz CT molecular complexity index is 429. The lowest BCUT2D eigenvalue weighted by Crippen LogP contribution is -2.35. The molecule has 1 aliphatic rings. The van der Waals surface area contributed by atoms with E-state index < -0.39 is 0 Å². The molecule has 18 heavy (non-hydrogen) atoms. The number of nitrogens with zero attached hydrogens (tertiary/aromatic N) is 2. The Hall–Kier alpha value is -0.840. The molecular weight excluding hydrogens is 275 g/mol. The van der Waals surface area contributed by atoms with Crippen molar-refractivity contribution in [2.45, 2.75) is 18.9 Å². The van der Waals surface area contributed by atoms with E-state index in [9.17, 15) is 4.79 Å². The predicted molar refractivity (Wildman–Crippen MR) is 70.2 cm³/mol. The van der Waals surface area contributed by atoms with Crippen molar-refractivity contribution in [1.82, 2.24) is 9.88 Å². The summed E-state index contributed by atoms with van der Waals surface area (Å²) in [5.41, 5.74) is 0.475. The second kappa shape index (κ2) is 5.87. The van der Waals surface area contributed by atoms with Gasteiger partial charge >= 0.3 is 0 Å². The molecule has 0 saturated heterocycles. The molecule has 1 heterocycles. The Morgan fingerprint density at radius 1 is 1.44 bits per heavy atom. The molecule has 0 radical (unpaired) electrons. The van der Waals surface area contributed by atoms with Crippen molar-refractivity contribution in [3.63, 3.8) is 0 Å². The molecule has 0 atom stereocenters. The number of halogens is 2. The third kappa shape index (κ3) is 3.34. The van der Waals surface area contributed by atoms with Crippen LogP contribution in [0, 0.1) is 0 Å². The molecule has 0 aromatic carbocycles. The Balaban J connectivity index is 2.16. The molecule has 6 heteroatoms. The van der Waals surface area contributed by atoms with E-state index in [1.807, 2.05) is 4.90 Å². The van der Waals surface area contributed by atoms with Gasteiger partial charge in [-0.3, -0.25) is 4.79 Å². The van der Waals surface area contributed by atoms with E-state index in [-0.39, 0.29) is 16.2 Å². The smallest absolute Gasteiger partial charge is 0.254 e. The lowest BCUT2D eigenvalue weighted by Gasteiger charge is -2.22. The fraction of sp³-hybridized carbons (Fsp3) is 0.500. The van der Waals surface area contributed by atoms with Crippen molar-refractivity contribution in [2.75, 3.05) is 20.3 Å². The average Bonchev–Trinajstić information content (AvgIpc) is 3.12. The highest BCUT2D eigenvalue weighted by Crippen LogP contribution is 2.28. The van der Waals surface area contributed by atoms with Crippen LogP contribution in [0.15, 0.2) is 12.1 Å². The normalized spacial score (nSPS) is 14.6. The number of carbonyl (C=O) groups is 1. The molecule has 1 aliphatic carbocycles. The Labute approximate surface area is 116 Å². The van der Waals surface area contributed by atoms with Crippen LogP contribution in [0.1, 0.15) is 23.2 Å². The number of carbonyl (C=O) groups excluding carboxylic acids is 1. The topological polar surface area (TPSA) is 42.4 Å². The van der Waals surface area contributed by atoms with Crippen molar-refractivity contribution < 1.29 is 9.53 Å². The summed E-state index contributed by atoms with van der Waals surface area (Å²) in [5, 5.41) is 0.460. The van der Waals surface area contributed by atoms with Crippen molar-refractivity contribution >= 4 is 29.1 Å². The van der Waals surface area contributed by atoms with E-state index in [1.165, 1.54) is 12.1 Å². The standard InChI is InChI=1S/C12H14Cl2N2O2/c1-18-5-4-16(9-2-3-9)12(17)8-6-10(13)15-11(14)7-8/h6-7,9H,2-5H2,1H3. The van der Waals surface area contributed by atoms with Crippen LogP contribution in [-0.2, 0) is 4.74 Å². The van der Waals surface area contributed by atoms with Gasteiger partial charge in [0.15, 0.2) is 0 Å². The molecule has 0 aliphatic heterocycles. The van der Waals surface area contributed by atoms with E-state index >= 15 is 0 Å². The summed E-state index contributed by atoms with van der Waals surface area (Å²) in [6, 6.07) is 3.40. The van der Waals surface area contributed by atoms with Crippen LogP contribution in [-0.4, -0.2) is 42.1 Å². The van der Waals surface area contributed by atoms with Gasteiger partial charge in [-0.1, -0.05) is 23.2 Å². The average molecular weight is 289 g/mol. The van der Waals surface area contributed by atoms with Gasteiger partial charge in [0.05, 0.1) is 6.61 Å². The van der Waals surface area contributed by atoms with Gasteiger partial charge in [-0.15, -0.1) is 0 Å². The summed E-state index contributed by atoms with van der Waals surface area (Å²) in [4.78, 5) is 18.0. The van der Waals surface area contributed by atoms with E-state index in [4.69, 9.17) is 27.9 Å². The number of pyridine rings is 1. The Morgan fingerprint density at radius 3 is 2.56 bits per heavy atom. The zero-order chi connectivity index (χ0) is 13.1. The lowest BCUT2D eigenvalue weighted by molar-refractivity contribution is 0.0680. The minimum Gasteiger partial charge on any atom is -0.383 e. The highest BCUT2D eigenvalue weighted by atomic mass is 35.5. The van der Waals surface area contributed by atoms with Crippen LogP contribution in [0.25, 0.3) is 0 Å². The molecule has 1 fully saturated rings. The van der Waals surface area contributed by atoms with Crippen molar-refractivity contribution in [3.8, 4) is 0 Å². The fourth-order valence-electron chi connectivity index (χ4n) is 1.78. The van der Waals surface area contributed by atoms with Gasteiger partial charge in [-0.25, -0.2) is 4.98 Å². The first-order valence-electron chi connectivity index (χ1n) is 5.75. The predicted octanol–water partition coefficient (Wildman–Crippen LogP) is 2.64. The van der Waals surface area contributed by atoms with Crippen LogP contribution < -0.4 is 0 Å². The zero-order valence-electron chi connectivity index (χ0n) is 10.0. The number of amides is 1. The Morgan fingerprint density at radius 2 is 2.06 bits per heavy atom. The molecule has 2 rings (SSSR count). The second-order valence-electron chi connectivity index (χ2n) is 4.22. The molecule has 1 amide bonds. The summed E-state index contributed by atoms with van der Waals surface area (Å²) in [6.45, 7) is 1.10. The number of hydrogen-bond donors (Lipinski definition) is 0. The second-order valence-corrected chi connectivity index (χ2v) is 5.00. The highest BCUT2D eigenvalue weighted by molar-refractivity contribution is 6.33. The third-order valence-corrected chi connectivity index (χ3v) is 3.18. The summed E-state index contributed by atoms with van der Waals surface area (Å²) < 4.78 is 5.03. The number of ether oxygens (including phenoxy) is 1. The van der Waals surface area contributed by atoms with Gasteiger partial charge in [0.1, 0.15) is 10.3 Å². The zero-order valence-corrected chi connectivity index (χ0v) is 11.5. The van der Waals surface area contributed by atoms with E-state index in [0.29, 0.717) is 24.8 Å². The van der Waals surface area contributed by atoms with Gasteiger partial charge in [-0.05, 0) is 25.0 Å². The van der Waals surface area contributed by atoms with Gasteiger partial charge in [0.25, 0.3) is 5.91 Å². The SMILES string of the molecule is COCCN(C(=O)c1cc(Cl)nc(Cl)c1)C1CC1. The lowest BCUT2D eigenvalue weighted by atomic mass is 10.2. The maximum absolute atomic E-state index is 12.4. The first-order valence-corrected chi connectivity index (χ1v) is 6.50. The third-order valence-electron chi connectivity index (χ3n) is 2.79.